The highest BCUT2D eigenvalue weighted by atomic mass is 35.5. The lowest BCUT2D eigenvalue weighted by Crippen LogP contribution is -2.13. The number of esters is 1. The molecule has 1 aromatic carbocycles. The van der Waals surface area contributed by atoms with E-state index in [-0.39, 0.29) is 22.6 Å². The van der Waals surface area contributed by atoms with Gasteiger partial charge in [-0.3, -0.25) is 0 Å². The molecule has 0 unspecified atom stereocenters. The molecule has 0 fully saturated rings. The standard InChI is InChI=1S/C15H14ClFN2O2/c1-9(10-3-5-11(17)6-4-10)18-14-12(15(20)21-2)7-8-13(16)19-14/h3-9H,1-2H3,(H,18,19)/t9-/m0/s1. The van der Waals surface area contributed by atoms with Crippen LogP contribution in [0.15, 0.2) is 36.4 Å². The third-order valence-corrected chi connectivity index (χ3v) is 3.20. The minimum Gasteiger partial charge on any atom is -0.465 e. The molecule has 1 N–H and O–H groups in total. The second-order valence-corrected chi connectivity index (χ2v) is 4.83. The summed E-state index contributed by atoms with van der Waals surface area (Å²) in [6.07, 6.45) is 0. The molecule has 2 aromatic rings. The van der Waals surface area contributed by atoms with Gasteiger partial charge < -0.3 is 10.1 Å². The molecule has 2 rings (SSSR count). The van der Waals surface area contributed by atoms with Crippen LogP contribution in [0, 0.1) is 5.82 Å². The molecular weight excluding hydrogens is 295 g/mol. The van der Waals surface area contributed by atoms with Crippen LogP contribution in [0.5, 0.6) is 0 Å². The van der Waals surface area contributed by atoms with Crippen molar-refractivity contribution in [3.05, 3.63) is 58.5 Å². The lowest BCUT2D eigenvalue weighted by atomic mass is 10.1. The van der Waals surface area contributed by atoms with Crippen molar-refractivity contribution in [2.24, 2.45) is 0 Å². The molecule has 1 atom stereocenters. The van der Waals surface area contributed by atoms with Crippen molar-refractivity contribution >= 4 is 23.4 Å². The first-order chi connectivity index (χ1) is 10.0. The average molecular weight is 309 g/mol. The van der Waals surface area contributed by atoms with Gasteiger partial charge in [0.05, 0.1) is 7.11 Å². The van der Waals surface area contributed by atoms with E-state index in [1.165, 1.54) is 25.3 Å². The van der Waals surface area contributed by atoms with Gasteiger partial charge in [0.15, 0.2) is 0 Å². The fraction of sp³-hybridized carbons (Fsp3) is 0.200. The highest BCUT2D eigenvalue weighted by Crippen LogP contribution is 2.23. The Kier molecular flexibility index (Phi) is 4.75. The lowest BCUT2D eigenvalue weighted by Gasteiger charge is -2.17. The van der Waals surface area contributed by atoms with Crippen LogP contribution in [-0.2, 0) is 4.74 Å². The van der Waals surface area contributed by atoms with Gasteiger partial charge in [0.1, 0.15) is 22.4 Å². The predicted octanol–water partition coefficient (Wildman–Crippen LogP) is 3.83. The summed E-state index contributed by atoms with van der Waals surface area (Å²) in [6, 6.07) is 8.95. The van der Waals surface area contributed by atoms with Crippen LogP contribution >= 0.6 is 11.6 Å². The van der Waals surface area contributed by atoms with Crippen LogP contribution in [-0.4, -0.2) is 18.1 Å². The maximum Gasteiger partial charge on any atom is 0.341 e. The Morgan fingerprint density at radius 2 is 1.95 bits per heavy atom. The highest BCUT2D eigenvalue weighted by Gasteiger charge is 2.16. The third-order valence-electron chi connectivity index (χ3n) is 2.99. The second-order valence-electron chi connectivity index (χ2n) is 4.44. The Morgan fingerprint density at radius 1 is 1.29 bits per heavy atom. The molecule has 0 amide bonds. The molecule has 0 aliphatic rings. The molecule has 0 spiro atoms. The molecule has 0 bridgehead atoms. The number of anilines is 1. The second kappa shape index (κ2) is 6.54. The number of rotatable bonds is 4. The predicted molar refractivity (Wildman–Crippen MR) is 79.0 cm³/mol. The number of carbonyl (C=O) groups is 1. The van der Waals surface area contributed by atoms with Crippen molar-refractivity contribution in [2.75, 3.05) is 12.4 Å². The zero-order valence-electron chi connectivity index (χ0n) is 11.6. The van der Waals surface area contributed by atoms with Gasteiger partial charge in [0.25, 0.3) is 0 Å². The number of halogens is 2. The normalized spacial score (nSPS) is 11.8. The first-order valence-electron chi connectivity index (χ1n) is 6.28. The average Bonchev–Trinajstić information content (AvgIpc) is 2.47. The van der Waals surface area contributed by atoms with Gasteiger partial charge in [0.2, 0.25) is 0 Å². The van der Waals surface area contributed by atoms with Gasteiger partial charge in [-0.25, -0.2) is 14.2 Å². The van der Waals surface area contributed by atoms with Crippen LogP contribution in [0.4, 0.5) is 10.2 Å². The van der Waals surface area contributed by atoms with Gasteiger partial charge in [-0.05, 0) is 36.8 Å². The molecule has 0 aliphatic heterocycles. The number of ether oxygens (including phenoxy) is 1. The third kappa shape index (κ3) is 3.70. The van der Waals surface area contributed by atoms with Gasteiger partial charge >= 0.3 is 5.97 Å². The van der Waals surface area contributed by atoms with E-state index in [0.717, 1.165) is 5.56 Å². The number of carbonyl (C=O) groups excluding carboxylic acids is 1. The molecule has 1 heterocycles. The molecule has 0 radical (unpaired) electrons. The van der Waals surface area contributed by atoms with E-state index in [2.05, 4.69) is 10.3 Å². The summed E-state index contributed by atoms with van der Waals surface area (Å²) in [5, 5.41) is 3.34. The molecule has 4 nitrogen and oxygen atoms in total. The summed E-state index contributed by atoms with van der Waals surface area (Å²) in [5.41, 5.74) is 1.14. The van der Waals surface area contributed by atoms with Crippen LogP contribution in [0.25, 0.3) is 0 Å². The molecule has 110 valence electrons. The van der Waals surface area contributed by atoms with Crippen molar-refractivity contribution in [3.63, 3.8) is 0 Å². The smallest absolute Gasteiger partial charge is 0.341 e. The molecule has 0 aliphatic carbocycles. The SMILES string of the molecule is COC(=O)c1ccc(Cl)nc1N[C@@H](C)c1ccc(F)cc1. The van der Waals surface area contributed by atoms with Crippen molar-refractivity contribution in [1.82, 2.24) is 4.98 Å². The quantitative estimate of drug-likeness (QED) is 0.689. The molecular formula is C15H14ClFN2O2. The Balaban J connectivity index is 2.27. The van der Waals surface area contributed by atoms with Crippen LogP contribution in [0.2, 0.25) is 5.15 Å². The Hall–Kier alpha value is -2.14. The monoisotopic (exact) mass is 308 g/mol. The van der Waals surface area contributed by atoms with E-state index >= 15 is 0 Å². The van der Waals surface area contributed by atoms with Gasteiger partial charge in [-0.15, -0.1) is 0 Å². The number of nitrogens with zero attached hydrogens (tertiary/aromatic N) is 1. The van der Waals surface area contributed by atoms with Crippen LogP contribution in [0.3, 0.4) is 0 Å². The Labute approximate surface area is 126 Å². The number of nitrogens with one attached hydrogen (secondary N) is 1. The van der Waals surface area contributed by atoms with Gasteiger partial charge in [-0.1, -0.05) is 23.7 Å². The van der Waals surface area contributed by atoms with E-state index in [0.29, 0.717) is 5.82 Å². The molecule has 1 aromatic heterocycles. The van der Waals surface area contributed by atoms with E-state index in [1.807, 2.05) is 6.92 Å². The molecule has 0 saturated heterocycles. The molecule has 6 heteroatoms. The Bertz CT molecular complexity index is 647. The highest BCUT2D eigenvalue weighted by molar-refractivity contribution is 6.29. The summed E-state index contributed by atoms with van der Waals surface area (Å²) in [4.78, 5) is 15.8. The minimum absolute atomic E-state index is 0.181. The lowest BCUT2D eigenvalue weighted by molar-refractivity contribution is 0.0601. The number of methoxy groups -OCH3 is 1. The summed E-state index contributed by atoms with van der Waals surface area (Å²) in [7, 11) is 1.30. The van der Waals surface area contributed by atoms with Gasteiger partial charge in [0, 0.05) is 6.04 Å². The number of benzene rings is 1. The fourth-order valence-corrected chi connectivity index (χ4v) is 2.01. The number of aromatic nitrogens is 1. The van der Waals surface area contributed by atoms with Crippen LogP contribution in [0.1, 0.15) is 28.9 Å². The first kappa shape index (κ1) is 15.3. The van der Waals surface area contributed by atoms with Crippen molar-refractivity contribution in [1.29, 1.82) is 0 Å². The maximum atomic E-state index is 12.9. The fourth-order valence-electron chi connectivity index (χ4n) is 1.86. The zero-order chi connectivity index (χ0) is 15.4. The maximum absolute atomic E-state index is 12.9. The number of pyridine rings is 1. The summed E-state index contributed by atoms with van der Waals surface area (Å²) >= 11 is 5.86. The number of hydrogen-bond acceptors (Lipinski definition) is 4. The van der Waals surface area contributed by atoms with Crippen molar-refractivity contribution < 1.29 is 13.9 Å². The molecule has 0 saturated carbocycles. The van der Waals surface area contributed by atoms with Crippen LogP contribution < -0.4 is 5.32 Å². The summed E-state index contributed by atoms with van der Waals surface area (Å²) in [5.74, 6) is -0.485. The number of hydrogen-bond donors (Lipinski definition) is 1. The van der Waals surface area contributed by atoms with E-state index in [9.17, 15) is 9.18 Å². The van der Waals surface area contributed by atoms with E-state index in [1.54, 1.807) is 18.2 Å². The van der Waals surface area contributed by atoms with E-state index < -0.39 is 5.97 Å². The summed E-state index contributed by atoms with van der Waals surface area (Å²) in [6.45, 7) is 1.87. The van der Waals surface area contributed by atoms with Crippen molar-refractivity contribution in [2.45, 2.75) is 13.0 Å². The minimum atomic E-state index is -0.507. The topological polar surface area (TPSA) is 51.2 Å². The largest absolute Gasteiger partial charge is 0.465 e. The van der Waals surface area contributed by atoms with Gasteiger partial charge in [-0.2, -0.15) is 0 Å². The first-order valence-corrected chi connectivity index (χ1v) is 6.66. The van der Waals surface area contributed by atoms with E-state index in [4.69, 9.17) is 16.3 Å². The Morgan fingerprint density at radius 3 is 2.57 bits per heavy atom. The summed E-state index contributed by atoms with van der Waals surface area (Å²) < 4.78 is 17.6. The molecule has 21 heavy (non-hydrogen) atoms. The zero-order valence-corrected chi connectivity index (χ0v) is 12.3. The van der Waals surface area contributed by atoms with Crippen molar-refractivity contribution in [3.8, 4) is 0 Å².